The van der Waals surface area contributed by atoms with E-state index in [1.165, 1.54) is 6.20 Å². The molecule has 1 saturated carbocycles. The van der Waals surface area contributed by atoms with E-state index in [9.17, 15) is 8.42 Å². The molecule has 8 heteroatoms. The van der Waals surface area contributed by atoms with E-state index < -0.39 is 10.0 Å². The van der Waals surface area contributed by atoms with Gasteiger partial charge in [0.05, 0.1) is 11.8 Å². The molecular formula is C10H18N4O3S. The van der Waals surface area contributed by atoms with Crippen LogP contribution in [0.3, 0.4) is 0 Å². The fourth-order valence-corrected chi connectivity index (χ4v) is 3.25. The number of rotatable bonds is 6. The number of aromatic nitrogens is 2. The number of sulfonamides is 1. The van der Waals surface area contributed by atoms with Crippen molar-refractivity contribution in [3.8, 4) is 0 Å². The number of hydrogen-bond acceptors (Lipinski definition) is 5. The van der Waals surface area contributed by atoms with E-state index in [4.69, 9.17) is 10.5 Å². The van der Waals surface area contributed by atoms with E-state index in [1.54, 1.807) is 7.11 Å². The molecule has 102 valence electrons. The van der Waals surface area contributed by atoms with Gasteiger partial charge in [0, 0.05) is 25.8 Å². The summed E-state index contributed by atoms with van der Waals surface area (Å²) in [5, 5.41) is 6.21. The van der Waals surface area contributed by atoms with Crippen LogP contribution in [0.25, 0.3) is 0 Å². The van der Waals surface area contributed by atoms with E-state index in [0.29, 0.717) is 5.56 Å². The maximum atomic E-state index is 12.1. The minimum absolute atomic E-state index is 0.0376. The first-order chi connectivity index (χ1) is 8.53. The Balaban J connectivity index is 2.08. The Morgan fingerprint density at radius 2 is 2.33 bits per heavy atom. The Labute approximate surface area is 106 Å². The Morgan fingerprint density at radius 3 is 2.83 bits per heavy atom. The molecule has 1 aromatic heterocycles. The van der Waals surface area contributed by atoms with Gasteiger partial charge in [-0.15, -0.1) is 0 Å². The number of nitrogens with one attached hydrogen (secondary N) is 2. The average molecular weight is 274 g/mol. The molecule has 4 N–H and O–H groups in total. The third-order valence-electron chi connectivity index (χ3n) is 3.45. The van der Waals surface area contributed by atoms with Crippen molar-refractivity contribution in [1.29, 1.82) is 0 Å². The van der Waals surface area contributed by atoms with E-state index >= 15 is 0 Å². The van der Waals surface area contributed by atoms with Crippen molar-refractivity contribution >= 4 is 10.0 Å². The highest BCUT2D eigenvalue weighted by Gasteiger charge is 2.38. The molecule has 0 radical (unpaired) electrons. The van der Waals surface area contributed by atoms with E-state index in [1.807, 2.05) is 0 Å². The summed E-state index contributed by atoms with van der Waals surface area (Å²) in [6, 6.07) is 0. The van der Waals surface area contributed by atoms with Gasteiger partial charge in [-0.05, 0) is 19.3 Å². The first-order valence-electron chi connectivity index (χ1n) is 5.80. The molecule has 1 aliphatic rings. The predicted octanol–water partition coefficient (Wildman–Crippen LogP) is -0.284. The molecule has 0 unspecified atom stereocenters. The van der Waals surface area contributed by atoms with Crippen LogP contribution in [-0.4, -0.2) is 37.9 Å². The Bertz CT molecular complexity index is 501. The van der Waals surface area contributed by atoms with E-state index in [2.05, 4.69) is 14.9 Å². The zero-order valence-corrected chi connectivity index (χ0v) is 11.1. The first-order valence-corrected chi connectivity index (χ1v) is 7.28. The van der Waals surface area contributed by atoms with Crippen molar-refractivity contribution < 1.29 is 13.2 Å². The molecule has 1 heterocycles. The van der Waals surface area contributed by atoms with Crippen LogP contribution in [0, 0.1) is 0 Å². The van der Waals surface area contributed by atoms with Crippen molar-refractivity contribution in [2.24, 2.45) is 5.73 Å². The van der Waals surface area contributed by atoms with Gasteiger partial charge in [-0.25, -0.2) is 13.1 Å². The maximum Gasteiger partial charge on any atom is 0.257 e. The molecule has 0 aliphatic heterocycles. The first kappa shape index (κ1) is 13.5. The lowest BCUT2D eigenvalue weighted by molar-refractivity contribution is -0.0659. The third-order valence-corrected chi connectivity index (χ3v) is 4.86. The fraction of sp³-hybridized carbons (Fsp3) is 0.700. The SMILES string of the molecule is COC1(CNS(=O)(=O)c2[nH]ncc2CN)CCC1. The molecule has 7 nitrogen and oxygen atoms in total. The van der Waals surface area contributed by atoms with Crippen LogP contribution in [0.1, 0.15) is 24.8 Å². The topological polar surface area (TPSA) is 110 Å². The summed E-state index contributed by atoms with van der Waals surface area (Å²) in [7, 11) is -2.00. The second-order valence-electron chi connectivity index (χ2n) is 4.49. The predicted molar refractivity (Wildman–Crippen MR) is 65.3 cm³/mol. The molecule has 0 aromatic carbocycles. The van der Waals surface area contributed by atoms with Crippen LogP contribution < -0.4 is 10.5 Å². The minimum atomic E-state index is -3.61. The van der Waals surface area contributed by atoms with Crippen LogP contribution in [0.5, 0.6) is 0 Å². The zero-order valence-electron chi connectivity index (χ0n) is 10.3. The molecule has 18 heavy (non-hydrogen) atoms. The van der Waals surface area contributed by atoms with Gasteiger partial charge in [0.2, 0.25) is 0 Å². The molecular weight excluding hydrogens is 256 g/mol. The Morgan fingerprint density at radius 1 is 1.61 bits per heavy atom. The summed E-state index contributed by atoms with van der Waals surface area (Å²) in [6.45, 7) is 0.400. The van der Waals surface area contributed by atoms with Crippen molar-refractivity contribution in [2.75, 3.05) is 13.7 Å². The average Bonchev–Trinajstić information content (AvgIpc) is 2.77. The summed E-state index contributed by atoms with van der Waals surface area (Å²) in [4.78, 5) is 0. The minimum Gasteiger partial charge on any atom is -0.377 e. The van der Waals surface area contributed by atoms with Crippen molar-refractivity contribution in [3.63, 3.8) is 0 Å². The van der Waals surface area contributed by atoms with Crippen LogP contribution in [0.15, 0.2) is 11.2 Å². The smallest absolute Gasteiger partial charge is 0.257 e. The summed E-state index contributed by atoms with van der Waals surface area (Å²) in [6.07, 6.45) is 4.23. The van der Waals surface area contributed by atoms with Crippen molar-refractivity contribution in [2.45, 2.75) is 36.4 Å². The highest BCUT2D eigenvalue weighted by molar-refractivity contribution is 7.89. The largest absolute Gasteiger partial charge is 0.377 e. The lowest BCUT2D eigenvalue weighted by atomic mass is 9.80. The fourth-order valence-electron chi connectivity index (χ4n) is 2.00. The lowest BCUT2D eigenvalue weighted by Crippen LogP contribution is -2.49. The van der Waals surface area contributed by atoms with Crippen molar-refractivity contribution in [1.82, 2.24) is 14.9 Å². The standard InChI is InChI=1S/C10H18N4O3S/c1-17-10(3-2-4-10)7-13-18(15,16)9-8(5-11)6-12-14-9/h6,13H,2-5,7,11H2,1H3,(H,12,14). The molecule has 0 atom stereocenters. The molecule has 1 fully saturated rings. The highest BCUT2D eigenvalue weighted by atomic mass is 32.2. The normalized spacial score (nSPS) is 18.6. The summed E-state index contributed by atoms with van der Waals surface area (Å²) in [5.74, 6) is 0. The molecule has 2 rings (SSSR count). The monoisotopic (exact) mass is 274 g/mol. The highest BCUT2D eigenvalue weighted by Crippen LogP contribution is 2.34. The van der Waals surface area contributed by atoms with Crippen LogP contribution >= 0.6 is 0 Å². The molecule has 0 saturated heterocycles. The Kier molecular flexibility index (Phi) is 3.71. The van der Waals surface area contributed by atoms with E-state index in [-0.39, 0.29) is 23.7 Å². The second-order valence-corrected chi connectivity index (χ2v) is 6.20. The van der Waals surface area contributed by atoms with Gasteiger partial charge in [0.25, 0.3) is 10.0 Å². The van der Waals surface area contributed by atoms with Gasteiger partial charge in [0.15, 0.2) is 5.03 Å². The quantitative estimate of drug-likeness (QED) is 0.660. The van der Waals surface area contributed by atoms with Crippen LogP contribution in [0.2, 0.25) is 0 Å². The molecule has 1 aromatic rings. The summed E-state index contributed by atoms with van der Waals surface area (Å²) >= 11 is 0. The van der Waals surface area contributed by atoms with E-state index in [0.717, 1.165) is 19.3 Å². The van der Waals surface area contributed by atoms with Gasteiger partial charge in [-0.3, -0.25) is 5.10 Å². The maximum absolute atomic E-state index is 12.1. The van der Waals surface area contributed by atoms with Gasteiger partial charge in [0.1, 0.15) is 0 Å². The molecule has 0 amide bonds. The molecule has 0 spiro atoms. The second kappa shape index (κ2) is 4.96. The lowest BCUT2D eigenvalue weighted by Gasteiger charge is -2.40. The number of methoxy groups -OCH3 is 1. The molecule has 1 aliphatic carbocycles. The van der Waals surface area contributed by atoms with Crippen molar-refractivity contribution in [3.05, 3.63) is 11.8 Å². The number of ether oxygens (including phenoxy) is 1. The number of nitrogens with zero attached hydrogens (tertiary/aromatic N) is 1. The van der Waals surface area contributed by atoms with Gasteiger partial charge in [-0.2, -0.15) is 5.10 Å². The Hall–Kier alpha value is -0.960. The van der Waals surface area contributed by atoms with Gasteiger partial charge < -0.3 is 10.5 Å². The van der Waals surface area contributed by atoms with Crippen LogP contribution in [-0.2, 0) is 21.3 Å². The number of H-pyrrole nitrogens is 1. The summed E-state index contributed by atoms with van der Waals surface area (Å²) in [5.41, 5.74) is 5.58. The molecule has 0 bridgehead atoms. The summed E-state index contributed by atoms with van der Waals surface area (Å²) < 4.78 is 32.1. The number of hydrogen-bond donors (Lipinski definition) is 3. The zero-order chi connectivity index (χ0) is 13.2. The van der Waals surface area contributed by atoms with Crippen LogP contribution in [0.4, 0.5) is 0 Å². The number of aromatic amines is 1. The third kappa shape index (κ3) is 2.41. The van der Waals surface area contributed by atoms with Gasteiger partial charge in [-0.1, -0.05) is 0 Å². The van der Waals surface area contributed by atoms with Gasteiger partial charge >= 0.3 is 0 Å². The number of nitrogens with two attached hydrogens (primary N) is 1.